The summed E-state index contributed by atoms with van der Waals surface area (Å²) in [6, 6.07) is 0. The van der Waals surface area contributed by atoms with Gasteiger partial charge >= 0.3 is 11.9 Å². The van der Waals surface area contributed by atoms with Gasteiger partial charge in [-0.3, -0.25) is 9.59 Å². The van der Waals surface area contributed by atoms with Gasteiger partial charge in [-0.25, -0.2) is 0 Å². The molecule has 88 valence electrons. The Balaban J connectivity index is 4.52. The summed E-state index contributed by atoms with van der Waals surface area (Å²) in [4.78, 5) is 21.4. The van der Waals surface area contributed by atoms with Crippen molar-refractivity contribution in [3.05, 3.63) is 0 Å². The van der Waals surface area contributed by atoms with Crippen molar-refractivity contribution >= 4 is 23.7 Å². The van der Waals surface area contributed by atoms with Gasteiger partial charge in [0.05, 0.1) is 6.42 Å². The van der Waals surface area contributed by atoms with Crippen LogP contribution in [0.25, 0.3) is 0 Å². The van der Waals surface area contributed by atoms with Gasteiger partial charge in [0, 0.05) is 4.75 Å². The number of carbonyl (C=O) groups is 2. The summed E-state index contributed by atoms with van der Waals surface area (Å²) >= 11 is 1.25. The predicted molar refractivity (Wildman–Crippen MR) is 60.3 cm³/mol. The minimum atomic E-state index is -1.07. The Morgan fingerprint density at radius 1 is 1.27 bits per heavy atom. The third-order valence-corrected chi connectivity index (χ3v) is 4.36. The first-order valence-corrected chi connectivity index (χ1v) is 5.85. The SMILES string of the molecule is CCC(C)(CC)SC(CC(=O)O)C(=O)O. The van der Waals surface area contributed by atoms with Crippen molar-refractivity contribution < 1.29 is 19.8 Å². The van der Waals surface area contributed by atoms with Crippen LogP contribution < -0.4 is 0 Å². The van der Waals surface area contributed by atoms with Crippen molar-refractivity contribution in [1.82, 2.24) is 0 Å². The van der Waals surface area contributed by atoms with Gasteiger partial charge in [-0.15, -0.1) is 11.8 Å². The highest BCUT2D eigenvalue weighted by Gasteiger charge is 2.30. The van der Waals surface area contributed by atoms with Crippen molar-refractivity contribution in [3.8, 4) is 0 Å². The summed E-state index contributed by atoms with van der Waals surface area (Å²) in [6.07, 6.45) is 1.34. The molecule has 1 unspecified atom stereocenters. The Labute approximate surface area is 94.1 Å². The van der Waals surface area contributed by atoms with Crippen LogP contribution in [0.15, 0.2) is 0 Å². The zero-order valence-corrected chi connectivity index (χ0v) is 10.1. The molecule has 2 N–H and O–H groups in total. The smallest absolute Gasteiger partial charge is 0.317 e. The van der Waals surface area contributed by atoms with Gasteiger partial charge in [0.15, 0.2) is 0 Å². The van der Waals surface area contributed by atoms with Crippen molar-refractivity contribution in [2.45, 2.75) is 50.0 Å². The summed E-state index contributed by atoms with van der Waals surface area (Å²) in [6.45, 7) is 5.93. The average molecular weight is 234 g/mol. The molecule has 0 aliphatic carbocycles. The molecule has 0 aromatic rings. The normalized spacial score (nSPS) is 13.5. The molecule has 0 bridgehead atoms. The number of hydrogen-bond donors (Lipinski definition) is 2. The van der Waals surface area contributed by atoms with E-state index in [0.717, 1.165) is 12.8 Å². The molecule has 0 saturated heterocycles. The molecule has 4 nitrogen and oxygen atoms in total. The second-order valence-electron chi connectivity index (χ2n) is 3.70. The number of carboxylic acid groups (broad SMARTS) is 2. The van der Waals surface area contributed by atoms with E-state index in [1.807, 2.05) is 20.8 Å². The topological polar surface area (TPSA) is 74.6 Å². The highest BCUT2D eigenvalue weighted by molar-refractivity contribution is 8.01. The minimum Gasteiger partial charge on any atom is -0.481 e. The molecule has 5 heteroatoms. The summed E-state index contributed by atoms with van der Waals surface area (Å²) in [5.74, 6) is -2.11. The van der Waals surface area contributed by atoms with E-state index in [4.69, 9.17) is 10.2 Å². The van der Waals surface area contributed by atoms with Crippen LogP contribution in [-0.4, -0.2) is 32.1 Å². The number of hydrogen-bond acceptors (Lipinski definition) is 3. The molecule has 0 aromatic carbocycles. The van der Waals surface area contributed by atoms with Gasteiger partial charge in [-0.1, -0.05) is 20.8 Å². The molecule has 0 aliphatic rings. The van der Waals surface area contributed by atoms with Gasteiger partial charge in [0.1, 0.15) is 5.25 Å². The van der Waals surface area contributed by atoms with E-state index in [2.05, 4.69) is 0 Å². The fourth-order valence-electron chi connectivity index (χ4n) is 1.10. The average Bonchev–Trinajstić information content (AvgIpc) is 2.16. The van der Waals surface area contributed by atoms with Crippen LogP contribution in [0.2, 0.25) is 0 Å². The van der Waals surface area contributed by atoms with Gasteiger partial charge < -0.3 is 10.2 Å². The van der Waals surface area contributed by atoms with Crippen LogP contribution in [0.5, 0.6) is 0 Å². The number of rotatable bonds is 7. The van der Waals surface area contributed by atoms with Crippen LogP contribution in [0.3, 0.4) is 0 Å². The summed E-state index contributed by atoms with van der Waals surface area (Å²) in [7, 11) is 0. The van der Waals surface area contributed by atoms with Crippen molar-refractivity contribution in [2.75, 3.05) is 0 Å². The molecular formula is C10H18O4S. The quantitative estimate of drug-likeness (QED) is 0.706. The molecule has 0 aromatic heterocycles. The first kappa shape index (κ1) is 14.3. The van der Waals surface area contributed by atoms with Crippen LogP contribution in [-0.2, 0) is 9.59 Å². The van der Waals surface area contributed by atoms with E-state index in [9.17, 15) is 9.59 Å². The number of carboxylic acids is 2. The maximum Gasteiger partial charge on any atom is 0.317 e. The van der Waals surface area contributed by atoms with E-state index in [1.54, 1.807) is 0 Å². The molecule has 0 spiro atoms. The Morgan fingerprint density at radius 2 is 1.73 bits per heavy atom. The molecular weight excluding hydrogens is 216 g/mol. The first-order chi connectivity index (χ1) is 6.84. The van der Waals surface area contributed by atoms with Gasteiger partial charge in [0.25, 0.3) is 0 Å². The van der Waals surface area contributed by atoms with E-state index in [0.29, 0.717) is 0 Å². The third-order valence-electron chi connectivity index (χ3n) is 2.56. The highest BCUT2D eigenvalue weighted by Crippen LogP contribution is 2.36. The lowest BCUT2D eigenvalue weighted by molar-refractivity contribution is -0.143. The predicted octanol–water partition coefficient (Wildman–Crippen LogP) is 2.23. The minimum absolute atomic E-state index is 0.154. The van der Waals surface area contributed by atoms with Crippen LogP contribution in [0.1, 0.15) is 40.0 Å². The number of aliphatic carboxylic acids is 2. The zero-order valence-electron chi connectivity index (χ0n) is 9.32. The van der Waals surface area contributed by atoms with E-state index in [-0.39, 0.29) is 11.2 Å². The molecule has 1 atom stereocenters. The van der Waals surface area contributed by atoms with Gasteiger partial charge in [-0.05, 0) is 12.8 Å². The summed E-state index contributed by atoms with van der Waals surface area (Å²) in [5.41, 5.74) is 0. The second-order valence-corrected chi connectivity index (χ2v) is 5.49. The molecule has 0 heterocycles. The Kier molecular flexibility index (Phi) is 5.72. The fourth-order valence-corrected chi connectivity index (χ4v) is 2.45. The van der Waals surface area contributed by atoms with Crippen molar-refractivity contribution in [3.63, 3.8) is 0 Å². The van der Waals surface area contributed by atoms with E-state index < -0.39 is 17.2 Å². The van der Waals surface area contributed by atoms with Crippen LogP contribution >= 0.6 is 11.8 Å². The highest BCUT2D eigenvalue weighted by atomic mass is 32.2. The van der Waals surface area contributed by atoms with E-state index in [1.165, 1.54) is 11.8 Å². The molecule has 0 rings (SSSR count). The standard InChI is InChI=1S/C10H18O4S/c1-4-10(3,5-2)15-7(9(13)14)6-8(11)12/h7H,4-6H2,1-3H3,(H,11,12)(H,13,14). The lowest BCUT2D eigenvalue weighted by Crippen LogP contribution is -2.28. The first-order valence-electron chi connectivity index (χ1n) is 4.97. The lowest BCUT2D eigenvalue weighted by atomic mass is 10.1. The van der Waals surface area contributed by atoms with Crippen molar-refractivity contribution in [1.29, 1.82) is 0 Å². The Hall–Kier alpha value is -0.710. The number of thioether (sulfide) groups is 1. The molecule has 0 amide bonds. The molecule has 0 aliphatic heterocycles. The maximum atomic E-state index is 10.9. The second kappa shape index (κ2) is 6.00. The summed E-state index contributed by atoms with van der Waals surface area (Å²) < 4.78 is -0.154. The van der Waals surface area contributed by atoms with Crippen LogP contribution in [0.4, 0.5) is 0 Å². The largest absolute Gasteiger partial charge is 0.481 e. The van der Waals surface area contributed by atoms with Gasteiger partial charge in [0.2, 0.25) is 0 Å². The summed E-state index contributed by atoms with van der Waals surface area (Å²) in [5, 5.41) is 16.6. The maximum absolute atomic E-state index is 10.9. The third kappa shape index (κ3) is 5.06. The van der Waals surface area contributed by atoms with Crippen molar-refractivity contribution in [2.24, 2.45) is 0 Å². The molecule has 15 heavy (non-hydrogen) atoms. The Bertz CT molecular complexity index is 236. The van der Waals surface area contributed by atoms with Gasteiger partial charge in [-0.2, -0.15) is 0 Å². The zero-order chi connectivity index (χ0) is 12.1. The lowest BCUT2D eigenvalue weighted by Gasteiger charge is -2.28. The fraction of sp³-hybridized carbons (Fsp3) is 0.800. The molecule has 0 fully saturated rings. The Morgan fingerprint density at radius 3 is 2.00 bits per heavy atom. The monoisotopic (exact) mass is 234 g/mol. The molecule has 0 saturated carbocycles. The van der Waals surface area contributed by atoms with E-state index >= 15 is 0 Å². The molecule has 0 radical (unpaired) electrons. The van der Waals surface area contributed by atoms with Crippen LogP contribution in [0, 0.1) is 0 Å².